The fraction of sp³-hybridized carbons (Fsp3) is 0.448. The third-order valence-electron chi connectivity index (χ3n) is 7.36. The molecule has 3 atom stereocenters. The molecule has 0 aliphatic carbocycles. The topological polar surface area (TPSA) is 122 Å². The molecule has 202 valence electrons. The Bertz CT molecular complexity index is 1200. The van der Waals surface area contributed by atoms with Crippen LogP contribution in [0, 0.1) is 5.92 Å². The Kier molecular flexibility index (Phi) is 8.04. The Hall–Kier alpha value is -3.88. The van der Waals surface area contributed by atoms with Crippen LogP contribution in [0.25, 0.3) is 0 Å². The molecule has 0 saturated carbocycles. The zero-order chi connectivity index (χ0) is 27.4. The van der Waals surface area contributed by atoms with E-state index in [2.05, 4.69) is 5.32 Å². The van der Waals surface area contributed by atoms with Crippen LogP contribution in [0.5, 0.6) is 0 Å². The molecular weight excluding hydrogens is 484 g/mol. The van der Waals surface area contributed by atoms with E-state index in [0.29, 0.717) is 25.1 Å². The van der Waals surface area contributed by atoms with Gasteiger partial charge in [-0.05, 0) is 42.4 Å². The quantitative estimate of drug-likeness (QED) is 0.525. The summed E-state index contributed by atoms with van der Waals surface area (Å²) >= 11 is 0. The first kappa shape index (κ1) is 27.2. The highest BCUT2D eigenvalue weighted by molar-refractivity contribution is 6.08. The standard InChI is InChI=1S/C29H36N4O5/c1-4-14-32(28(37)38-17-20-10-6-5-7-11-20)23(15-19(2)3)26(35)33-18-29(16-24(33)25(30)34)21-12-8-9-13-22(21)31-27(29)36/h5-13,19,23-24H,4,14-18H2,1-3H3,(H2,30,34)(H,31,36)/t23-,24-,29-/m0/s1. The molecule has 2 aliphatic rings. The summed E-state index contributed by atoms with van der Waals surface area (Å²) in [6.45, 7) is 6.26. The number of ether oxygens (including phenoxy) is 1. The molecule has 1 spiro atoms. The molecular formula is C29H36N4O5. The number of benzene rings is 2. The van der Waals surface area contributed by atoms with E-state index in [1.54, 1.807) is 6.07 Å². The van der Waals surface area contributed by atoms with Gasteiger partial charge in [-0.1, -0.05) is 69.3 Å². The summed E-state index contributed by atoms with van der Waals surface area (Å²) in [5.41, 5.74) is 6.97. The molecule has 38 heavy (non-hydrogen) atoms. The number of nitrogens with zero attached hydrogens (tertiary/aromatic N) is 2. The van der Waals surface area contributed by atoms with Crippen molar-refractivity contribution in [1.29, 1.82) is 0 Å². The van der Waals surface area contributed by atoms with Gasteiger partial charge in [0.25, 0.3) is 0 Å². The maximum Gasteiger partial charge on any atom is 0.410 e. The van der Waals surface area contributed by atoms with E-state index in [1.165, 1.54) is 9.80 Å². The zero-order valence-electron chi connectivity index (χ0n) is 22.2. The van der Waals surface area contributed by atoms with Gasteiger partial charge in [0.1, 0.15) is 18.7 Å². The lowest BCUT2D eigenvalue weighted by atomic mass is 9.79. The molecule has 9 heteroatoms. The number of para-hydroxylation sites is 1. The second kappa shape index (κ2) is 11.2. The van der Waals surface area contributed by atoms with Crippen LogP contribution >= 0.6 is 0 Å². The fourth-order valence-corrected chi connectivity index (χ4v) is 5.54. The number of hydrogen-bond donors (Lipinski definition) is 2. The second-order valence-corrected chi connectivity index (χ2v) is 10.5. The van der Waals surface area contributed by atoms with Crippen LogP contribution in [0.3, 0.4) is 0 Å². The zero-order valence-corrected chi connectivity index (χ0v) is 22.2. The Morgan fingerprint density at radius 1 is 1.13 bits per heavy atom. The number of nitrogens with one attached hydrogen (secondary N) is 1. The monoisotopic (exact) mass is 520 g/mol. The van der Waals surface area contributed by atoms with Gasteiger partial charge in [0.15, 0.2) is 0 Å². The van der Waals surface area contributed by atoms with Gasteiger partial charge in [0.05, 0.1) is 5.41 Å². The van der Waals surface area contributed by atoms with Crippen LogP contribution in [-0.2, 0) is 31.1 Å². The van der Waals surface area contributed by atoms with Crippen LogP contribution < -0.4 is 11.1 Å². The highest BCUT2D eigenvalue weighted by atomic mass is 16.6. The first-order valence-corrected chi connectivity index (χ1v) is 13.2. The van der Waals surface area contributed by atoms with Gasteiger partial charge < -0.3 is 20.7 Å². The van der Waals surface area contributed by atoms with Crippen LogP contribution in [-0.4, -0.2) is 58.8 Å². The summed E-state index contributed by atoms with van der Waals surface area (Å²) in [7, 11) is 0. The van der Waals surface area contributed by atoms with E-state index in [9.17, 15) is 19.2 Å². The molecule has 1 fully saturated rings. The van der Waals surface area contributed by atoms with Crippen molar-refractivity contribution in [3.63, 3.8) is 0 Å². The third-order valence-corrected chi connectivity index (χ3v) is 7.36. The number of amides is 4. The average Bonchev–Trinajstić information content (AvgIpc) is 3.44. The predicted octanol–water partition coefficient (Wildman–Crippen LogP) is 3.43. The van der Waals surface area contributed by atoms with Gasteiger partial charge in [-0.15, -0.1) is 0 Å². The van der Waals surface area contributed by atoms with Crippen LogP contribution in [0.4, 0.5) is 10.5 Å². The van der Waals surface area contributed by atoms with E-state index < -0.39 is 35.4 Å². The Morgan fingerprint density at radius 3 is 2.47 bits per heavy atom. The van der Waals surface area contributed by atoms with Crippen molar-refractivity contribution < 1.29 is 23.9 Å². The summed E-state index contributed by atoms with van der Waals surface area (Å²) in [6.07, 6.45) is 0.485. The van der Waals surface area contributed by atoms with Gasteiger partial charge in [-0.25, -0.2) is 4.79 Å². The lowest BCUT2D eigenvalue weighted by Gasteiger charge is -2.35. The summed E-state index contributed by atoms with van der Waals surface area (Å²) in [5.74, 6) is -1.26. The Balaban J connectivity index is 1.63. The molecule has 2 aliphatic heterocycles. The molecule has 9 nitrogen and oxygen atoms in total. The first-order valence-electron chi connectivity index (χ1n) is 13.2. The highest BCUT2D eigenvalue weighted by Crippen LogP contribution is 2.46. The number of carbonyl (C=O) groups is 4. The van der Waals surface area contributed by atoms with Crippen LogP contribution in [0.15, 0.2) is 54.6 Å². The van der Waals surface area contributed by atoms with Crippen molar-refractivity contribution in [2.24, 2.45) is 11.7 Å². The predicted molar refractivity (Wildman–Crippen MR) is 143 cm³/mol. The van der Waals surface area contributed by atoms with Crippen molar-refractivity contribution in [2.45, 2.75) is 64.1 Å². The van der Waals surface area contributed by atoms with Gasteiger partial charge in [-0.3, -0.25) is 19.3 Å². The molecule has 0 aromatic heterocycles. The van der Waals surface area contributed by atoms with Crippen molar-refractivity contribution in [1.82, 2.24) is 9.80 Å². The second-order valence-electron chi connectivity index (χ2n) is 10.5. The van der Waals surface area contributed by atoms with Gasteiger partial charge >= 0.3 is 6.09 Å². The number of nitrogens with two attached hydrogens (primary N) is 1. The maximum absolute atomic E-state index is 14.2. The van der Waals surface area contributed by atoms with Crippen molar-refractivity contribution >= 4 is 29.5 Å². The maximum atomic E-state index is 14.2. The molecule has 0 unspecified atom stereocenters. The molecule has 2 aromatic rings. The molecule has 2 aromatic carbocycles. The van der Waals surface area contributed by atoms with E-state index in [4.69, 9.17) is 10.5 Å². The lowest BCUT2D eigenvalue weighted by molar-refractivity contribution is -0.142. The number of primary amides is 1. The van der Waals surface area contributed by atoms with E-state index in [0.717, 1.165) is 11.1 Å². The largest absolute Gasteiger partial charge is 0.445 e. The average molecular weight is 521 g/mol. The van der Waals surface area contributed by atoms with E-state index in [-0.39, 0.29) is 31.4 Å². The Morgan fingerprint density at radius 2 is 1.82 bits per heavy atom. The normalized spacial score (nSPS) is 20.8. The molecule has 4 rings (SSSR count). The highest BCUT2D eigenvalue weighted by Gasteiger charge is 2.58. The molecule has 4 amide bonds. The van der Waals surface area contributed by atoms with Crippen molar-refractivity contribution in [3.8, 4) is 0 Å². The van der Waals surface area contributed by atoms with Gasteiger partial charge in [0.2, 0.25) is 17.7 Å². The minimum Gasteiger partial charge on any atom is -0.445 e. The molecule has 3 N–H and O–H groups in total. The number of hydrogen-bond acceptors (Lipinski definition) is 5. The molecule has 0 bridgehead atoms. The van der Waals surface area contributed by atoms with Crippen LogP contribution in [0.1, 0.15) is 51.2 Å². The minimum atomic E-state index is -1.07. The number of carbonyl (C=O) groups excluding carboxylic acids is 4. The number of likely N-dealkylation sites (tertiary alicyclic amines) is 1. The number of rotatable bonds is 9. The lowest BCUT2D eigenvalue weighted by Crippen LogP contribution is -2.55. The third kappa shape index (κ3) is 5.23. The van der Waals surface area contributed by atoms with Crippen molar-refractivity contribution in [2.75, 3.05) is 18.4 Å². The minimum absolute atomic E-state index is 0.00983. The molecule has 0 radical (unpaired) electrons. The summed E-state index contributed by atoms with van der Waals surface area (Å²) in [4.78, 5) is 56.2. The summed E-state index contributed by atoms with van der Waals surface area (Å²) in [6, 6.07) is 14.8. The molecule has 1 saturated heterocycles. The Labute approximate surface area is 223 Å². The first-order chi connectivity index (χ1) is 18.2. The van der Waals surface area contributed by atoms with Gasteiger partial charge in [-0.2, -0.15) is 0 Å². The van der Waals surface area contributed by atoms with E-state index >= 15 is 0 Å². The van der Waals surface area contributed by atoms with Crippen molar-refractivity contribution in [3.05, 3.63) is 65.7 Å². The van der Waals surface area contributed by atoms with Gasteiger partial charge in [0, 0.05) is 18.8 Å². The SMILES string of the molecule is CCCN(C(=O)OCc1ccccc1)[C@@H](CC(C)C)C(=O)N1C[C@]2(C[C@H]1C(N)=O)C(=O)Nc1ccccc12. The summed E-state index contributed by atoms with van der Waals surface area (Å²) in [5, 5.41) is 2.89. The number of fused-ring (bicyclic) bond motifs is 2. The number of anilines is 1. The van der Waals surface area contributed by atoms with Crippen LogP contribution in [0.2, 0.25) is 0 Å². The molecule has 2 heterocycles. The van der Waals surface area contributed by atoms with E-state index in [1.807, 2.05) is 69.3 Å². The summed E-state index contributed by atoms with van der Waals surface area (Å²) < 4.78 is 5.61. The smallest absolute Gasteiger partial charge is 0.410 e. The fourth-order valence-electron chi connectivity index (χ4n) is 5.54.